The fourth-order valence-electron chi connectivity index (χ4n) is 5.83. The normalized spacial score (nSPS) is 26.7. The van der Waals surface area contributed by atoms with Crippen molar-refractivity contribution >= 4 is 26.8 Å². The summed E-state index contributed by atoms with van der Waals surface area (Å²) in [4.78, 5) is 22.3. The minimum absolute atomic E-state index is 0.122. The first kappa shape index (κ1) is 20.9. The van der Waals surface area contributed by atoms with Crippen molar-refractivity contribution in [3.8, 4) is 0 Å². The Kier molecular flexibility index (Phi) is 5.77. The molecule has 168 valence electrons. The Bertz CT molecular complexity index is 1040. The highest BCUT2D eigenvalue weighted by Crippen LogP contribution is 2.30. The van der Waals surface area contributed by atoms with Gasteiger partial charge in [-0.25, -0.2) is 13.4 Å². The summed E-state index contributed by atoms with van der Waals surface area (Å²) in [5.41, 5.74) is 2.13. The SMILES string of the molecule is O=C(CN1CCCC1Cn1cnc2ccccc21)N(C1CCCC1)C1CCS(=O)(=O)C1. The number of benzene rings is 1. The van der Waals surface area contributed by atoms with Gasteiger partial charge >= 0.3 is 0 Å². The Hall–Kier alpha value is -1.93. The molecule has 2 aliphatic heterocycles. The van der Waals surface area contributed by atoms with Gasteiger partial charge in [0, 0.05) is 24.7 Å². The van der Waals surface area contributed by atoms with Crippen LogP contribution in [0.3, 0.4) is 0 Å². The Morgan fingerprint density at radius 2 is 1.87 bits per heavy atom. The van der Waals surface area contributed by atoms with Gasteiger partial charge in [-0.3, -0.25) is 9.69 Å². The van der Waals surface area contributed by atoms with E-state index in [2.05, 4.69) is 20.5 Å². The number of amides is 1. The molecule has 3 heterocycles. The lowest BCUT2D eigenvalue weighted by Crippen LogP contribution is -2.51. The lowest BCUT2D eigenvalue weighted by atomic mass is 10.1. The van der Waals surface area contributed by atoms with Crippen molar-refractivity contribution in [3.63, 3.8) is 0 Å². The highest BCUT2D eigenvalue weighted by molar-refractivity contribution is 7.91. The molecule has 2 saturated heterocycles. The van der Waals surface area contributed by atoms with E-state index < -0.39 is 9.84 Å². The molecular formula is C23H32N4O3S. The van der Waals surface area contributed by atoms with Crippen LogP contribution in [0.4, 0.5) is 0 Å². The molecule has 3 fully saturated rings. The number of hydrogen-bond acceptors (Lipinski definition) is 5. The molecule has 0 N–H and O–H groups in total. The highest BCUT2D eigenvalue weighted by Gasteiger charge is 2.40. The van der Waals surface area contributed by atoms with Crippen LogP contribution in [-0.4, -0.2) is 76.4 Å². The number of hydrogen-bond donors (Lipinski definition) is 0. The standard InChI is InChI=1S/C23H32N4O3S/c28-23(27(18-6-1-2-7-18)20-11-13-31(29,30)16-20)15-25-12-5-8-19(25)14-26-17-24-21-9-3-4-10-22(21)26/h3-4,9-10,17-20H,1-2,5-8,11-16H2. The number of para-hydroxylation sites is 2. The monoisotopic (exact) mass is 444 g/mol. The van der Waals surface area contributed by atoms with Crippen LogP contribution in [0.2, 0.25) is 0 Å². The first-order valence-corrected chi connectivity index (χ1v) is 13.5. The predicted molar refractivity (Wildman–Crippen MR) is 120 cm³/mol. The van der Waals surface area contributed by atoms with E-state index in [0.29, 0.717) is 19.0 Å². The molecule has 0 bridgehead atoms. The van der Waals surface area contributed by atoms with Gasteiger partial charge in [-0.05, 0) is 50.8 Å². The molecule has 2 unspecified atom stereocenters. The minimum Gasteiger partial charge on any atom is -0.335 e. The molecule has 2 aromatic rings. The molecule has 1 aromatic carbocycles. The zero-order chi connectivity index (χ0) is 21.4. The van der Waals surface area contributed by atoms with Gasteiger partial charge in [0.25, 0.3) is 0 Å². The van der Waals surface area contributed by atoms with Crippen molar-refractivity contribution in [3.05, 3.63) is 30.6 Å². The zero-order valence-corrected chi connectivity index (χ0v) is 18.8. The lowest BCUT2D eigenvalue weighted by Gasteiger charge is -2.36. The van der Waals surface area contributed by atoms with Gasteiger partial charge in [0.2, 0.25) is 5.91 Å². The van der Waals surface area contributed by atoms with E-state index in [1.807, 2.05) is 29.4 Å². The highest BCUT2D eigenvalue weighted by atomic mass is 32.2. The topological polar surface area (TPSA) is 75.5 Å². The quantitative estimate of drug-likeness (QED) is 0.684. The second-order valence-electron chi connectivity index (χ2n) is 9.45. The number of sulfone groups is 1. The fraction of sp³-hybridized carbons (Fsp3) is 0.652. The number of carbonyl (C=O) groups is 1. The summed E-state index contributed by atoms with van der Waals surface area (Å²) in [6, 6.07) is 8.53. The summed E-state index contributed by atoms with van der Waals surface area (Å²) in [5, 5.41) is 0. The Labute approximate surface area is 184 Å². The number of rotatable bonds is 6. The molecular weight excluding hydrogens is 412 g/mol. The Morgan fingerprint density at radius 3 is 2.65 bits per heavy atom. The van der Waals surface area contributed by atoms with E-state index in [9.17, 15) is 13.2 Å². The molecule has 8 heteroatoms. The second-order valence-corrected chi connectivity index (χ2v) is 11.7. The van der Waals surface area contributed by atoms with Gasteiger partial charge < -0.3 is 9.47 Å². The van der Waals surface area contributed by atoms with E-state index in [1.54, 1.807) is 0 Å². The summed E-state index contributed by atoms with van der Waals surface area (Å²) < 4.78 is 26.4. The molecule has 3 aliphatic rings. The van der Waals surface area contributed by atoms with Crippen molar-refractivity contribution < 1.29 is 13.2 Å². The molecule has 1 aliphatic carbocycles. The van der Waals surface area contributed by atoms with Crippen molar-refractivity contribution in [2.75, 3.05) is 24.6 Å². The number of imidazole rings is 1. The first-order chi connectivity index (χ1) is 15.0. The zero-order valence-electron chi connectivity index (χ0n) is 18.0. The van der Waals surface area contributed by atoms with E-state index in [1.165, 1.54) is 0 Å². The van der Waals surface area contributed by atoms with Crippen molar-refractivity contribution in [1.29, 1.82) is 0 Å². The molecule has 1 aromatic heterocycles. The van der Waals surface area contributed by atoms with Gasteiger partial charge in [0.15, 0.2) is 9.84 Å². The molecule has 7 nitrogen and oxygen atoms in total. The third kappa shape index (κ3) is 4.37. The average molecular weight is 445 g/mol. The molecule has 5 rings (SSSR count). The van der Waals surface area contributed by atoms with Crippen LogP contribution in [0.15, 0.2) is 30.6 Å². The van der Waals surface area contributed by atoms with E-state index in [4.69, 9.17) is 0 Å². The third-order valence-corrected chi connectivity index (χ3v) is 9.13. The second kappa shape index (κ2) is 8.54. The van der Waals surface area contributed by atoms with Crippen LogP contribution in [0.25, 0.3) is 11.0 Å². The van der Waals surface area contributed by atoms with Crippen LogP contribution in [0, 0.1) is 0 Å². The minimum atomic E-state index is -3.01. The number of fused-ring (bicyclic) bond motifs is 1. The van der Waals surface area contributed by atoms with Crippen molar-refractivity contribution in [1.82, 2.24) is 19.4 Å². The molecule has 1 saturated carbocycles. The van der Waals surface area contributed by atoms with Gasteiger partial charge in [-0.1, -0.05) is 25.0 Å². The summed E-state index contributed by atoms with van der Waals surface area (Å²) in [6.45, 7) is 2.14. The number of aromatic nitrogens is 2. The summed E-state index contributed by atoms with van der Waals surface area (Å²) in [5.74, 6) is 0.477. The Morgan fingerprint density at radius 1 is 1.06 bits per heavy atom. The summed E-state index contributed by atoms with van der Waals surface area (Å²) in [6.07, 6.45) is 8.93. The molecule has 0 spiro atoms. The number of nitrogens with zero attached hydrogens (tertiary/aromatic N) is 4. The largest absolute Gasteiger partial charge is 0.335 e. The number of likely N-dealkylation sites (tertiary alicyclic amines) is 1. The van der Waals surface area contributed by atoms with Crippen LogP contribution in [0.5, 0.6) is 0 Å². The number of carbonyl (C=O) groups excluding carboxylic acids is 1. The van der Waals surface area contributed by atoms with E-state index in [-0.39, 0.29) is 29.5 Å². The summed E-state index contributed by atoms with van der Waals surface area (Å²) >= 11 is 0. The van der Waals surface area contributed by atoms with Gasteiger partial charge in [-0.15, -0.1) is 0 Å². The van der Waals surface area contributed by atoms with Gasteiger partial charge in [0.05, 0.1) is 35.4 Å². The van der Waals surface area contributed by atoms with E-state index in [0.717, 1.165) is 62.6 Å². The molecule has 31 heavy (non-hydrogen) atoms. The molecule has 1 amide bonds. The third-order valence-electron chi connectivity index (χ3n) is 7.38. The van der Waals surface area contributed by atoms with Crippen LogP contribution >= 0.6 is 0 Å². The molecule has 2 atom stereocenters. The van der Waals surface area contributed by atoms with Crippen LogP contribution < -0.4 is 0 Å². The maximum atomic E-state index is 13.5. The Balaban J connectivity index is 1.30. The van der Waals surface area contributed by atoms with Gasteiger partial charge in [0.1, 0.15) is 0 Å². The maximum Gasteiger partial charge on any atom is 0.237 e. The van der Waals surface area contributed by atoms with Crippen LogP contribution in [-0.2, 0) is 21.2 Å². The summed E-state index contributed by atoms with van der Waals surface area (Å²) in [7, 11) is -3.01. The molecule has 0 radical (unpaired) electrons. The lowest BCUT2D eigenvalue weighted by molar-refractivity contribution is -0.137. The first-order valence-electron chi connectivity index (χ1n) is 11.7. The smallest absolute Gasteiger partial charge is 0.237 e. The van der Waals surface area contributed by atoms with Crippen LogP contribution in [0.1, 0.15) is 44.9 Å². The predicted octanol–water partition coefficient (Wildman–Crippen LogP) is 2.46. The average Bonchev–Trinajstić information content (AvgIpc) is 3.53. The van der Waals surface area contributed by atoms with Gasteiger partial charge in [-0.2, -0.15) is 0 Å². The maximum absolute atomic E-state index is 13.5. The van der Waals surface area contributed by atoms with E-state index >= 15 is 0 Å². The van der Waals surface area contributed by atoms with Crippen molar-refractivity contribution in [2.24, 2.45) is 0 Å². The van der Waals surface area contributed by atoms with Crippen molar-refractivity contribution in [2.45, 2.75) is 69.6 Å². The fourth-order valence-corrected chi connectivity index (χ4v) is 7.54.